The maximum Gasteiger partial charge on any atom is 0.472 e. The molecule has 0 aromatic carbocycles. The van der Waals surface area contributed by atoms with Gasteiger partial charge in [0.15, 0.2) is 6.10 Å². The molecule has 0 aromatic rings. The molecule has 5 atom stereocenters. The predicted molar refractivity (Wildman–Crippen MR) is 408 cm³/mol. The van der Waals surface area contributed by atoms with Gasteiger partial charge in [0.1, 0.15) is 25.4 Å². The van der Waals surface area contributed by atoms with E-state index in [1.54, 1.807) is 0 Å². The molecule has 0 saturated heterocycles. The van der Waals surface area contributed by atoms with E-state index in [-0.39, 0.29) is 19.3 Å². The first-order chi connectivity index (χ1) is 48.2. The summed E-state index contributed by atoms with van der Waals surface area (Å²) in [5.41, 5.74) is 0. The largest absolute Gasteiger partial charge is 0.472 e. The van der Waals surface area contributed by atoms with Crippen molar-refractivity contribution in [2.24, 2.45) is 0 Å². The standard InChI is InChI=1S/C81H130O16P2/c1-4-7-10-13-16-19-22-25-28-31-33-34-35-36-37-38-39-40-42-45-46-49-52-55-58-61-64-67-79(84)91-70-76(82)71-93-98(87,88)94-72-77(83)73-95-99(89,90)96-75-78(97-81(86)69-66-63-60-57-54-51-48-43-30-27-24-21-18-15-12-9-6-3)74-92-80(85)68-65-62-59-56-53-50-47-44-41-32-29-26-23-20-17-14-11-8-5-2/h7-12,16-21,25-30,33-34,36-37,39-41,44,50,53,59,62,76-78,82-83H,4-6,13-15,22-24,31-32,35,38,42-43,45-49,51-52,54-58,60-61,63-75H2,1-3H3,(H,87,88)(H,89,90)/b10-7-,11-8-,12-9-,19-16-,20-17-,21-18-,28-25-,29-26-,30-27-,34-33-,37-36-,40-39-,44-41-,53-50-,62-59-. The molecule has 4 N–H and O–H groups in total. The highest BCUT2D eigenvalue weighted by atomic mass is 31.2. The average Bonchev–Trinajstić information content (AvgIpc) is 2.62. The second-order valence-electron chi connectivity index (χ2n) is 23.9. The van der Waals surface area contributed by atoms with Gasteiger partial charge in [-0.05, 0) is 141 Å². The van der Waals surface area contributed by atoms with Gasteiger partial charge in [-0.1, -0.05) is 274 Å². The van der Waals surface area contributed by atoms with Crippen molar-refractivity contribution in [3.8, 4) is 0 Å². The van der Waals surface area contributed by atoms with Crippen LogP contribution in [-0.4, -0.2) is 95.9 Å². The molecular weight excluding hydrogens is 1290 g/mol. The van der Waals surface area contributed by atoms with Gasteiger partial charge in [-0.2, -0.15) is 0 Å². The number of carbonyl (C=O) groups is 3. The molecule has 0 rings (SSSR count). The Bertz CT molecular complexity index is 2530. The van der Waals surface area contributed by atoms with E-state index in [9.17, 15) is 43.5 Å². The zero-order valence-electron chi connectivity index (χ0n) is 60.8. The average molecular weight is 1420 g/mol. The van der Waals surface area contributed by atoms with Crippen LogP contribution in [0.3, 0.4) is 0 Å². The van der Waals surface area contributed by atoms with Gasteiger partial charge in [0.05, 0.1) is 26.4 Å². The molecule has 0 aliphatic carbocycles. The molecule has 0 heterocycles. The Hall–Kier alpha value is -5.35. The summed E-state index contributed by atoms with van der Waals surface area (Å²) in [4.78, 5) is 58.5. The monoisotopic (exact) mass is 1420 g/mol. The van der Waals surface area contributed by atoms with Gasteiger partial charge in [-0.15, -0.1) is 0 Å². The first kappa shape index (κ1) is 93.6. The van der Waals surface area contributed by atoms with Gasteiger partial charge in [-0.25, -0.2) is 9.13 Å². The lowest BCUT2D eigenvalue weighted by Gasteiger charge is -2.21. The Kier molecular flexibility index (Phi) is 68.5. The molecule has 0 fully saturated rings. The van der Waals surface area contributed by atoms with E-state index in [4.69, 9.17) is 32.3 Å². The van der Waals surface area contributed by atoms with E-state index in [2.05, 4.69) is 185 Å². The number of aliphatic hydroxyl groups is 2. The number of ether oxygens (including phenoxy) is 3. The predicted octanol–water partition coefficient (Wildman–Crippen LogP) is 21.4. The summed E-state index contributed by atoms with van der Waals surface area (Å²) in [5, 5.41) is 20.6. The lowest BCUT2D eigenvalue weighted by molar-refractivity contribution is -0.161. The Morgan fingerprint density at radius 3 is 0.859 bits per heavy atom. The molecule has 0 aliphatic rings. The second kappa shape index (κ2) is 72.4. The molecule has 0 amide bonds. The van der Waals surface area contributed by atoms with E-state index in [0.29, 0.717) is 25.7 Å². The quantitative estimate of drug-likeness (QED) is 0.0146. The van der Waals surface area contributed by atoms with E-state index < -0.39 is 91.5 Å². The third kappa shape index (κ3) is 73.7. The lowest BCUT2D eigenvalue weighted by Crippen LogP contribution is -2.30. The minimum absolute atomic E-state index is 0.0361. The van der Waals surface area contributed by atoms with Crippen molar-refractivity contribution in [3.63, 3.8) is 0 Å². The van der Waals surface area contributed by atoms with Gasteiger partial charge in [0.25, 0.3) is 0 Å². The van der Waals surface area contributed by atoms with Crippen molar-refractivity contribution in [2.75, 3.05) is 39.6 Å². The Morgan fingerprint density at radius 1 is 0.283 bits per heavy atom. The van der Waals surface area contributed by atoms with Gasteiger partial charge >= 0.3 is 33.6 Å². The lowest BCUT2D eigenvalue weighted by atomic mass is 10.1. The summed E-state index contributed by atoms with van der Waals surface area (Å²) in [5.74, 6) is -1.71. The number of rotatable bonds is 68. The van der Waals surface area contributed by atoms with E-state index in [0.717, 1.165) is 167 Å². The minimum atomic E-state index is -4.96. The maximum absolute atomic E-state index is 13.0. The molecule has 99 heavy (non-hydrogen) atoms. The van der Waals surface area contributed by atoms with Crippen LogP contribution in [-0.2, 0) is 55.8 Å². The highest BCUT2D eigenvalue weighted by Gasteiger charge is 2.29. The Labute approximate surface area is 598 Å². The summed E-state index contributed by atoms with van der Waals surface area (Å²) >= 11 is 0. The molecule has 0 spiro atoms. The summed E-state index contributed by atoms with van der Waals surface area (Å²) in [6.45, 7) is 2.20. The number of esters is 3. The van der Waals surface area contributed by atoms with Crippen LogP contribution in [0.2, 0.25) is 0 Å². The van der Waals surface area contributed by atoms with Crippen LogP contribution in [0.4, 0.5) is 0 Å². The number of hydrogen-bond donors (Lipinski definition) is 4. The Morgan fingerprint density at radius 2 is 0.525 bits per heavy atom. The maximum atomic E-state index is 13.0. The fourth-order valence-corrected chi connectivity index (χ4v) is 10.7. The molecule has 0 aliphatic heterocycles. The van der Waals surface area contributed by atoms with Gasteiger partial charge < -0.3 is 34.2 Å². The van der Waals surface area contributed by atoms with Crippen LogP contribution in [0.15, 0.2) is 182 Å². The molecule has 0 saturated carbocycles. The smallest absolute Gasteiger partial charge is 0.463 e. The highest BCUT2D eigenvalue weighted by molar-refractivity contribution is 7.47. The number of unbranched alkanes of at least 4 members (excludes halogenated alkanes) is 15. The molecule has 5 unspecified atom stereocenters. The molecule has 0 aromatic heterocycles. The van der Waals surface area contributed by atoms with E-state index in [1.807, 2.05) is 18.2 Å². The molecule has 16 nitrogen and oxygen atoms in total. The highest BCUT2D eigenvalue weighted by Crippen LogP contribution is 2.45. The van der Waals surface area contributed by atoms with Gasteiger partial charge in [0.2, 0.25) is 0 Å². The zero-order valence-corrected chi connectivity index (χ0v) is 62.6. The SMILES string of the molecule is CC/C=C\C/C=C\C/C=C\C/C=C\C/C=C\C/C=C\CCCCCCCCCCC(=O)OCC(O)COP(=O)(O)OCC(O)COP(=O)(O)OCC(COC(=O)CC/C=C\C/C=C\C/C=C\C/C=C\C/C=C\C/C=C\CC)OC(=O)CCCCCCCCC/C=C\C/C=C\C/C=C\CC. The summed E-state index contributed by atoms with van der Waals surface area (Å²) in [7, 11) is -9.83. The van der Waals surface area contributed by atoms with Crippen LogP contribution in [0.5, 0.6) is 0 Å². The normalized spacial score (nSPS) is 15.1. The number of carbonyl (C=O) groups excluding carboxylic acids is 3. The van der Waals surface area contributed by atoms with Crippen molar-refractivity contribution in [3.05, 3.63) is 182 Å². The third-order valence-electron chi connectivity index (χ3n) is 14.6. The topological polar surface area (TPSA) is 231 Å². The van der Waals surface area contributed by atoms with Crippen LogP contribution in [0, 0.1) is 0 Å². The molecular formula is C81H130O16P2. The van der Waals surface area contributed by atoms with Crippen LogP contribution >= 0.6 is 15.6 Å². The van der Waals surface area contributed by atoms with Crippen molar-refractivity contribution in [1.82, 2.24) is 0 Å². The van der Waals surface area contributed by atoms with Crippen LogP contribution in [0.1, 0.15) is 252 Å². The fourth-order valence-electron chi connectivity index (χ4n) is 9.08. The van der Waals surface area contributed by atoms with Crippen molar-refractivity contribution < 1.29 is 75.8 Å². The first-order valence-electron chi connectivity index (χ1n) is 37.1. The van der Waals surface area contributed by atoms with Gasteiger partial charge in [0, 0.05) is 19.3 Å². The van der Waals surface area contributed by atoms with E-state index >= 15 is 0 Å². The number of allylic oxidation sites excluding steroid dienone is 30. The van der Waals surface area contributed by atoms with Crippen LogP contribution < -0.4 is 0 Å². The van der Waals surface area contributed by atoms with Crippen molar-refractivity contribution in [2.45, 2.75) is 270 Å². The third-order valence-corrected chi connectivity index (χ3v) is 16.5. The summed E-state index contributed by atoms with van der Waals surface area (Å²) in [6.07, 6.45) is 92.4. The van der Waals surface area contributed by atoms with Crippen molar-refractivity contribution >= 4 is 33.6 Å². The molecule has 18 heteroatoms. The number of hydrogen-bond acceptors (Lipinski definition) is 14. The molecule has 0 bridgehead atoms. The van der Waals surface area contributed by atoms with Gasteiger partial charge in [-0.3, -0.25) is 32.5 Å². The van der Waals surface area contributed by atoms with Crippen LogP contribution in [0.25, 0.3) is 0 Å². The molecule has 560 valence electrons. The first-order valence-corrected chi connectivity index (χ1v) is 40.1. The summed E-state index contributed by atoms with van der Waals surface area (Å²) in [6, 6.07) is 0. The fraction of sp³-hybridized carbons (Fsp3) is 0.593. The number of phosphoric ester groups is 2. The molecule has 0 radical (unpaired) electrons. The zero-order chi connectivity index (χ0) is 72.3. The second-order valence-corrected chi connectivity index (χ2v) is 26.9. The Balaban J connectivity index is 4.69. The number of phosphoric acid groups is 2. The van der Waals surface area contributed by atoms with E-state index in [1.165, 1.54) is 19.3 Å². The summed E-state index contributed by atoms with van der Waals surface area (Å²) < 4.78 is 60.9. The number of aliphatic hydroxyl groups excluding tert-OH is 2. The minimum Gasteiger partial charge on any atom is -0.463 e. The van der Waals surface area contributed by atoms with Crippen molar-refractivity contribution in [1.29, 1.82) is 0 Å².